The van der Waals surface area contributed by atoms with Crippen molar-refractivity contribution in [3.63, 3.8) is 0 Å². The first-order valence-corrected chi connectivity index (χ1v) is 11.6. The number of anilines is 2. The summed E-state index contributed by atoms with van der Waals surface area (Å²) < 4.78 is 28.1. The molecule has 31 heavy (non-hydrogen) atoms. The molecule has 1 amide bonds. The number of carbonyl (C=O) groups excluding carboxylic acids is 1. The lowest BCUT2D eigenvalue weighted by atomic mass is 10.1. The van der Waals surface area contributed by atoms with Crippen molar-refractivity contribution in [3.8, 4) is 0 Å². The molecule has 3 aromatic carbocycles. The van der Waals surface area contributed by atoms with Crippen LogP contribution in [0.5, 0.6) is 0 Å². The molecule has 0 saturated heterocycles. The van der Waals surface area contributed by atoms with E-state index in [9.17, 15) is 13.2 Å². The van der Waals surface area contributed by atoms with E-state index in [1.54, 1.807) is 13.0 Å². The molecule has 6 nitrogen and oxygen atoms in total. The van der Waals surface area contributed by atoms with Gasteiger partial charge in [-0.25, -0.2) is 13.1 Å². The maximum Gasteiger partial charge on any atom is 0.255 e. The molecule has 3 rings (SSSR count). The Morgan fingerprint density at radius 3 is 2.42 bits per heavy atom. The number of amides is 1. The molecule has 0 aliphatic rings. The van der Waals surface area contributed by atoms with Crippen LogP contribution in [0.2, 0.25) is 0 Å². The zero-order valence-electron chi connectivity index (χ0n) is 17.9. The van der Waals surface area contributed by atoms with E-state index in [4.69, 9.17) is 0 Å². The van der Waals surface area contributed by atoms with Crippen molar-refractivity contribution in [1.82, 2.24) is 4.72 Å². The van der Waals surface area contributed by atoms with E-state index >= 15 is 0 Å². The standard InChI is InChI=1S/C24H27N3O3S/c1-4-27(3)21-12-8-11-20(15-21)26-24(28)23-16-22(14-13-18(23)2)31(29,30)25-17-19-9-6-5-7-10-19/h5-16,25H,4,17H2,1-3H3,(H,26,28). The van der Waals surface area contributed by atoms with Gasteiger partial charge in [0.2, 0.25) is 10.0 Å². The van der Waals surface area contributed by atoms with Crippen molar-refractivity contribution in [2.45, 2.75) is 25.3 Å². The number of hydrogen-bond donors (Lipinski definition) is 2. The summed E-state index contributed by atoms with van der Waals surface area (Å²) in [5, 5.41) is 2.87. The first kappa shape index (κ1) is 22.5. The van der Waals surface area contributed by atoms with E-state index < -0.39 is 10.0 Å². The molecule has 0 atom stereocenters. The molecule has 2 N–H and O–H groups in total. The molecule has 0 spiro atoms. The summed E-state index contributed by atoms with van der Waals surface area (Å²) in [6, 6.07) is 21.4. The van der Waals surface area contributed by atoms with Gasteiger partial charge in [-0.2, -0.15) is 0 Å². The molecule has 0 radical (unpaired) electrons. The summed E-state index contributed by atoms with van der Waals surface area (Å²) >= 11 is 0. The fourth-order valence-corrected chi connectivity index (χ4v) is 4.12. The molecular weight excluding hydrogens is 410 g/mol. The first-order chi connectivity index (χ1) is 14.8. The van der Waals surface area contributed by atoms with Crippen LogP contribution in [-0.2, 0) is 16.6 Å². The molecule has 0 aliphatic carbocycles. The predicted octanol–water partition coefficient (Wildman–Crippen LogP) is 4.18. The van der Waals surface area contributed by atoms with E-state index in [0.717, 1.165) is 17.8 Å². The van der Waals surface area contributed by atoms with E-state index in [0.29, 0.717) is 16.8 Å². The summed E-state index contributed by atoms with van der Waals surface area (Å²) in [6.45, 7) is 4.85. The normalized spacial score (nSPS) is 11.2. The van der Waals surface area contributed by atoms with Gasteiger partial charge < -0.3 is 10.2 Å². The van der Waals surface area contributed by atoms with Gasteiger partial charge in [-0.05, 0) is 55.3 Å². The van der Waals surface area contributed by atoms with Crippen LogP contribution in [0.25, 0.3) is 0 Å². The molecule has 0 aliphatic heterocycles. The Labute approximate surface area is 184 Å². The van der Waals surface area contributed by atoms with Gasteiger partial charge >= 0.3 is 0 Å². The number of nitrogens with zero attached hydrogens (tertiary/aromatic N) is 1. The van der Waals surface area contributed by atoms with Crippen LogP contribution in [0.4, 0.5) is 11.4 Å². The Bertz CT molecular complexity index is 1160. The number of benzene rings is 3. The molecular formula is C24H27N3O3S. The number of rotatable bonds is 8. The van der Waals surface area contributed by atoms with Crippen LogP contribution < -0.4 is 14.9 Å². The Morgan fingerprint density at radius 1 is 0.968 bits per heavy atom. The van der Waals surface area contributed by atoms with Crippen molar-refractivity contribution in [3.05, 3.63) is 89.5 Å². The average Bonchev–Trinajstić information content (AvgIpc) is 2.78. The van der Waals surface area contributed by atoms with Gasteiger partial charge in [-0.1, -0.05) is 42.5 Å². The molecule has 7 heteroatoms. The maximum atomic E-state index is 12.9. The molecule has 0 aromatic heterocycles. The van der Waals surface area contributed by atoms with Crippen LogP contribution >= 0.6 is 0 Å². The van der Waals surface area contributed by atoms with Gasteiger partial charge in [0.05, 0.1) is 4.90 Å². The second-order valence-corrected chi connectivity index (χ2v) is 9.07. The average molecular weight is 438 g/mol. The number of hydrogen-bond acceptors (Lipinski definition) is 4. The third-order valence-electron chi connectivity index (χ3n) is 5.09. The van der Waals surface area contributed by atoms with Crippen molar-refractivity contribution in [1.29, 1.82) is 0 Å². The number of aryl methyl sites for hydroxylation is 1. The van der Waals surface area contributed by atoms with Crippen LogP contribution in [0.1, 0.15) is 28.4 Å². The van der Waals surface area contributed by atoms with Crippen molar-refractivity contribution in [2.75, 3.05) is 23.8 Å². The number of nitrogens with one attached hydrogen (secondary N) is 2. The summed E-state index contributed by atoms with van der Waals surface area (Å²) in [7, 11) is -1.79. The zero-order valence-corrected chi connectivity index (χ0v) is 18.7. The monoisotopic (exact) mass is 437 g/mol. The van der Waals surface area contributed by atoms with Gasteiger partial charge in [0.1, 0.15) is 0 Å². The predicted molar refractivity (Wildman–Crippen MR) is 125 cm³/mol. The fraction of sp³-hybridized carbons (Fsp3) is 0.208. The lowest BCUT2D eigenvalue weighted by Gasteiger charge is -2.18. The molecule has 0 heterocycles. The van der Waals surface area contributed by atoms with Crippen LogP contribution in [0.15, 0.2) is 77.7 Å². The smallest absolute Gasteiger partial charge is 0.255 e. The molecule has 3 aromatic rings. The third kappa shape index (κ3) is 5.71. The topological polar surface area (TPSA) is 78.5 Å². The Balaban J connectivity index is 1.79. The summed E-state index contributed by atoms with van der Waals surface area (Å²) in [6.07, 6.45) is 0. The Morgan fingerprint density at radius 2 is 1.71 bits per heavy atom. The summed E-state index contributed by atoms with van der Waals surface area (Å²) in [5.41, 5.74) is 3.50. The second kappa shape index (κ2) is 9.76. The van der Waals surface area contributed by atoms with Crippen molar-refractivity contribution < 1.29 is 13.2 Å². The third-order valence-corrected chi connectivity index (χ3v) is 6.49. The second-order valence-electron chi connectivity index (χ2n) is 7.31. The highest BCUT2D eigenvalue weighted by Gasteiger charge is 2.18. The largest absolute Gasteiger partial charge is 0.375 e. The van der Waals surface area contributed by atoms with Gasteiger partial charge in [-0.3, -0.25) is 4.79 Å². The van der Waals surface area contributed by atoms with E-state index in [1.807, 2.05) is 68.6 Å². The molecule has 162 valence electrons. The number of carbonyl (C=O) groups is 1. The molecule has 0 unspecified atom stereocenters. The fourth-order valence-electron chi connectivity index (χ4n) is 3.07. The van der Waals surface area contributed by atoms with Crippen LogP contribution in [0, 0.1) is 6.92 Å². The highest BCUT2D eigenvalue weighted by atomic mass is 32.2. The SMILES string of the molecule is CCN(C)c1cccc(NC(=O)c2cc(S(=O)(=O)NCc3ccccc3)ccc2C)c1. The minimum Gasteiger partial charge on any atom is -0.375 e. The zero-order chi connectivity index (χ0) is 22.4. The van der Waals surface area contributed by atoms with Gasteiger partial charge in [-0.15, -0.1) is 0 Å². The van der Waals surface area contributed by atoms with E-state index in [2.05, 4.69) is 14.9 Å². The van der Waals surface area contributed by atoms with E-state index in [1.165, 1.54) is 12.1 Å². The van der Waals surface area contributed by atoms with Gasteiger partial charge in [0.25, 0.3) is 5.91 Å². The summed E-state index contributed by atoms with van der Waals surface area (Å²) in [4.78, 5) is 15.0. The Kier molecular flexibility index (Phi) is 7.09. The molecule has 0 fully saturated rings. The molecule has 0 saturated carbocycles. The highest BCUT2D eigenvalue weighted by Crippen LogP contribution is 2.21. The lowest BCUT2D eigenvalue weighted by Crippen LogP contribution is -2.24. The summed E-state index contributed by atoms with van der Waals surface area (Å²) in [5.74, 6) is -0.353. The van der Waals surface area contributed by atoms with E-state index in [-0.39, 0.29) is 17.3 Å². The Hall–Kier alpha value is -3.16. The van der Waals surface area contributed by atoms with Gasteiger partial charge in [0, 0.05) is 37.1 Å². The highest BCUT2D eigenvalue weighted by molar-refractivity contribution is 7.89. The van der Waals surface area contributed by atoms with Crippen molar-refractivity contribution >= 4 is 27.3 Å². The lowest BCUT2D eigenvalue weighted by molar-refractivity contribution is 0.102. The minimum atomic E-state index is -3.76. The van der Waals surface area contributed by atoms with Gasteiger partial charge in [0.15, 0.2) is 0 Å². The number of sulfonamides is 1. The maximum absolute atomic E-state index is 12.9. The molecule has 0 bridgehead atoms. The first-order valence-electron chi connectivity index (χ1n) is 10.1. The van der Waals surface area contributed by atoms with Crippen molar-refractivity contribution in [2.24, 2.45) is 0 Å². The van der Waals surface area contributed by atoms with Crippen LogP contribution in [0.3, 0.4) is 0 Å². The quantitative estimate of drug-likeness (QED) is 0.554. The minimum absolute atomic E-state index is 0.0543. The van der Waals surface area contributed by atoms with Crippen LogP contribution in [-0.4, -0.2) is 27.9 Å².